The summed E-state index contributed by atoms with van der Waals surface area (Å²) < 4.78 is 4.67. The van der Waals surface area contributed by atoms with E-state index < -0.39 is 12.0 Å². The molecule has 1 aromatic rings. The van der Waals surface area contributed by atoms with Gasteiger partial charge in [0.15, 0.2) is 0 Å². The van der Waals surface area contributed by atoms with Crippen molar-refractivity contribution in [1.29, 1.82) is 0 Å². The minimum Gasteiger partial charge on any atom is -0.508 e. The lowest BCUT2D eigenvalue weighted by Gasteiger charge is -2.07. The highest BCUT2D eigenvalue weighted by Crippen LogP contribution is 2.13. The smallest absolute Gasteiger partial charge is 0.330 e. The van der Waals surface area contributed by atoms with E-state index in [9.17, 15) is 9.59 Å². The number of urea groups is 1. The second-order valence-corrected chi connectivity index (χ2v) is 3.30. The predicted molar refractivity (Wildman–Crippen MR) is 66.3 cm³/mol. The van der Waals surface area contributed by atoms with Gasteiger partial charge in [0.2, 0.25) is 0 Å². The molecule has 6 nitrogen and oxygen atoms in total. The van der Waals surface area contributed by atoms with E-state index in [1.54, 1.807) is 12.1 Å². The van der Waals surface area contributed by atoms with E-state index in [1.165, 1.54) is 12.1 Å². The molecule has 6 heteroatoms. The molecule has 0 bridgehead atoms. The summed E-state index contributed by atoms with van der Waals surface area (Å²) in [5, 5.41) is 14.1. The lowest BCUT2D eigenvalue weighted by Crippen LogP contribution is -2.31. The Labute approximate surface area is 104 Å². The second-order valence-electron chi connectivity index (χ2n) is 3.30. The van der Waals surface area contributed by atoms with Crippen molar-refractivity contribution < 1.29 is 19.4 Å². The van der Waals surface area contributed by atoms with E-state index in [2.05, 4.69) is 21.9 Å². The van der Waals surface area contributed by atoms with Gasteiger partial charge in [-0.25, -0.2) is 9.59 Å². The molecule has 1 rings (SSSR count). The van der Waals surface area contributed by atoms with Gasteiger partial charge in [0.05, 0.1) is 6.54 Å². The fourth-order valence-corrected chi connectivity index (χ4v) is 1.10. The maximum Gasteiger partial charge on any atom is 0.330 e. The van der Waals surface area contributed by atoms with Crippen LogP contribution in [0.5, 0.6) is 5.75 Å². The first-order valence-corrected chi connectivity index (χ1v) is 5.25. The van der Waals surface area contributed by atoms with Gasteiger partial charge in [-0.3, -0.25) is 0 Å². The first-order valence-electron chi connectivity index (χ1n) is 5.25. The zero-order valence-electron chi connectivity index (χ0n) is 9.68. The van der Waals surface area contributed by atoms with Gasteiger partial charge in [-0.05, 0) is 24.3 Å². The Morgan fingerprint density at radius 1 is 1.33 bits per heavy atom. The van der Waals surface area contributed by atoms with Gasteiger partial charge in [0.25, 0.3) is 0 Å². The lowest BCUT2D eigenvalue weighted by atomic mass is 10.3. The number of phenolic OH excluding ortho intramolecular Hbond substituents is 1. The minimum atomic E-state index is -0.532. The summed E-state index contributed by atoms with van der Waals surface area (Å²) >= 11 is 0. The molecule has 0 unspecified atom stereocenters. The first kappa shape index (κ1) is 13.6. The van der Waals surface area contributed by atoms with Crippen molar-refractivity contribution in [2.24, 2.45) is 0 Å². The highest BCUT2D eigenvalue weighted by Gasteiger charge is 2.01. The SMILES string of the molecule is C=CC(=O)OCCNC(=O)Nc1ccc(O)cc1. The molecule has 0 fully saturated rings. The molecule has 0 saturated carbocycles. The summed E-state index contributed by atoms with van der Waals surface area (Å²) in [5.74, 6) is -0.409. The molecule has 0 aliphatic carbocycles. The molecule has 0 spiro atoms. The van der Waals surface area contributed by atoms with Gasteiger partial charge >= 0.3 is 12.0 Å². The quantitative estimate of drug-likeness (QED) is 0.317. The van der Waals surface area contributed by atoms with E-state index >= 15 is 0 Å². The highest BCUT2D eigenvalue weighted by atomic mass is 16.5. The number of benzene rings is 1. The second kappa shape index (κ2) is 6.95. The average molecular weight is 250 g/mol. The van der Waals surface area contributed by atoms with Crippen LogP contribution in [0, 0.1) is 0 Å². The van der Waals surface area contributed by atoms with Crippen molar-refractivity contribution in [2.75, 3.05) is 18.5 Å². The summed E-state index contributed by atoms with van der Waals surface area (Å²) in [5.41, 5.74) is 0.549. The molecule has 3 N–H and O–H groups in total. The predicted octanol–water partition coefficient (Wildman–Crippen LogP) is 1.24. The summed E-state index contributed by atoms with van der Waals surface area (Å²) in [6.07, 6.45) is 1.05. The number of ether oxygens (including phenoxy) is 1. The third-order valence-corrected chi connectivity index (χ3v) is 1.92. The van der Waals surface area contributed by atoms with Crippen LogP contribution >= 0.6 is 0 Å². The molecule has 96 valence electrons. The van der Waals surface area contributed by atoms with E-state index in [1.807, 2.05) is 0 Å². The van der Waals surface area contributed by atoms with E-state index in [0.29, 0.717) is 5.69 Å². The van der Waals surface area contributed by atoms with Crippen LogP contribution in [0.25, 0.3) is 0 Å². The monoisotopic (exact) mass is 250 g/mol. The fourth-order valence-electron chi connectivity index (χ4n) is 1.10. The van der Waals surface area contributed by atoms with Gasteiger partial charge in [-0.15, -0.1) is 0 Å². The summed E-state index contributed by atoms with van der Waals surface area (Å²) in [6.45, 7) is 3.52. The number of esters is 1. The van der Waals surface area contributed by atoms with Crippen LogP contribution in [0.4, 0.5) is 10.5 Å². The van der Waals surface area contributed by atoms with E-state index in [4.69, 9.17) is 5.11 Å². The van der Waals surface area contributed by atoms with Crippen LogP contribution < -0.4 is 10.6 Å². The third kappa shape index (κ3) is 5.02. The van der Waals surface area contributed by atoms with Gasteiger partial charge < -0.3 is 20.5 Å². The van der Waals surface area contributed by atoms with Gasteiger partial charge in [-0.2, -0.15) is 0 Å². The van der Waals surface area contributed by atoms with Crippen molar-refractivity contribution in [1.82, 2.24) is 5.32 Å². The Morgan fingerprint density at radius 3 is 2.61 bits per heavy atom. The number of anilines is 1. The number of rotatable bonds is 5. The van der Waals surface area contributed by atoms with E-state index in [0.717, 1.165) is 6.08 Å². The van der Waals surface area contributed by atoms with Crippen LogP contribution in [0.2, 0.25) is 0 Å². The van der Waals surface area contributed by atoms with Crippen LogP contribution in [-0.2, 0) is 9.53 Å². The van der Waals surface area contributed by atoms with Crippen molar-refractivity contribution >= 4 is 17.7 Å². The number of hydrogen-bond donors (Lipinski definition) is 3. The summed E-state index contributed by atoms with van der Waals surface area (Å²) in [7, 11) is 0. The van der Waals surface area contributed by atoms with Crippen LogP contribution in [0.15, 0.2) is 36.9 Å². The molecule has 1 aromatic carbocycles. The maximum atomic E-state index is 11.4. The number of hydrogen-bond acceptors (Lipinski definition) is 4. The normalized spacial score (nSPS) is 9.33. The van der Waals surface area contributed by atoms with Gasteiger partial charge in [-0.1, -0.05) is 6.58 Å². The highest BCUT2D eigenvalue weighted by molar-refractivity contribution is 5.89. The molecular formula is C12H14N2O4. The fraction of sp³-hybridized carbons (Fsp3) is 0.167. The topological polar surface area (TPSA) is 87.7 Å². The molecule has 0 radical (unpaired) electrons. The number of nitrogens with one attached hydrogen (secondary N) is 2. The van der Waals surface area contributed by atoms with Crippen molar-refractivity contribution in [2.45, 2.75) is 0 Å². The standard InChI is InChI=1S/C12H14N2O4/c1-2-11(16)18-8-7-13-12(17)14-9-3-5-10(15)6-4-9/h2-6,15H,1,7-8H2,(H2,13,14,17). The van der Waals surface area contributed by atoms with E-state index in [-0.39, 0.29) is 18.9 Å². The van der Waals surface area contributed by atoms with Crippen LogP contribution in [-0.4, -0.2) is 30.3 Å². The van der Waals surface area contributed by atoms with Gasteiger partial charge in [0.1, 0.15) is 12.4 Å². The number of carbonyl (C=O) groups excluding carboxylic acids is 2. The Hall–Kier alpha value is -2.50. The molecular weight excluding hydrogens is 236 g/mol. The Kier molecular flexibility index (Phi) is 5.24. The molecule has 0 heterocycles. The Morgan fingerprint density at radius 2 is 2.00 bits per heavy atom. The summed E-state index contributed by atoms with van der Waals surface area (Å²) in [4.78, 5) is 22.1. The van der Waals surface area contributed by atoms with Crippen LogP contribution in [0.1, 0.15) is 0 Å². The zero-order valence-corrected chi connectivity index (χ0v) is 9.68. The molecule has 0 atom stereocenters. The molecule has 2 amide bonds. The molecule has 18 heavy (non-hydrogen) atoms. The minimum absolute atomic E-state index is 0.0772. The maximum absolute atomic E-state index is 11.4. The average Bonchev–Trinajstić information content (AvgIpc) is 2.37. The summed E-state index contributed by atoms with van der Waals surface area (Å²) in [6, 6.07) is 5.62. The number of carbonyl (C=O) groups is 2. The molecule has 0 saturated heterocycles. The number of aromatic hydroxyl groups is 1. The Balaban J connectivity index is 2.23. The lowest BCUT2D eigenvalue weighted by molar-refractivity contribution is -0.137. The van der Waals surface area contributed by atoms with Crippen molar-refractivity contribution in [3.8, 4) is 5.75 Å². The molecule has 0 aliphatic rings. The largest absolute Gasteiger partial charge is 0.508 e. The molecule has 0 aliphatic heterocycles. The van der Waals surface area contributed by atoms with Crippen molar-refractivity contribution in [3.63, 3.8) is 0 Å². The van der Waals surface area contributed by atoms with Crippen LogP contribution in [0.3, 0.4) is 0 Å². The first-order chi connectivity index (χ1) is 8.61. The molecule has 0 aromatic heterocycles. The van der Waals surface area contributed by atoms with Crippen molar-refractivity contribution in [3.05, 3.63) is 36.9 Å². The third-order valence-electron chi connectivity index (χ3n) is 1.92. The Bertz CT molecular complexity index is 428. The number of amides is 2. The number of phenols is 1. The van der Waals surface area contributed by atoms with Gasteiger partial charge in [0, 0.05) is 11.8 Å². The zero-order chi connectivity index (χ0) is 13.4.